The molecule has 0 saturated heterocycles. The van der Waals surface area contributed by atoms with Gasteiger partial charge >= 0.3 is 0 Å². The molecule has 0 spiro atoms. The minimum Gasteiger partial charge on any atom is -0.350 e. The van der Waals surface area contributed by atoms with Crippen LogP contribution in [0.2, 0.25) is 0 Å². The van der Waals surface area contributed by atoms with Crippen molar-refractivity contribution in [2.24, 2.45) is 5.73 Å². The van der Waals surface area contributed by atoms with Crippen LogP contribution < -0.4 is 11.1 Å². The van der Waals surface area contributed by atoms with Gasteiger partial charge in [0, 0.05) is 12.6 Å². The molecule has 1 atom stereocenters. The predicted octanol–water partition coefficient (Wildman–Crippen LogP) is -0.293. The van der Waals surface area contributed by atoms with Crippen molar-refractivity contribution in [1.29, 1.82) is 0 Å². The van der Waals surface area contributed by atoms with Gasteiger partial charge in [-0.1, -0.05) is 0 Å². The third kappa shape index (κ3) is 6.06. The number of carbonyl (C=O) groups excluding carboxylic acids is 2. The zero-order chi connectivity index (χ0) is 12.2. The van der Waals surface area contributed by atoms with E-state index in [0.29, 0.717) is 0 Å². The van der Waals surface area contributed by atoms with Gasteiger partial charge in [0.1, 0.15) is 0 Å². The van der Waals surface area contributed by atoms with Crippen LogP contribution in [0.25, 0.3) is 0 Å². The van der Waals surface area contributed by atoms with Crippen molar-refractivity contribution >= 4 is 11.8 Å². The van der Waals surface area contributed by atoms with Gasteiger partial charge in [-0.2, -0.15) is 0 Å². The fourth-order valence-electron chi connectivity index (χ4n) is 1.10. The Labute approximate surface area is 91.0 Å². The second-order valence-corrected chi connectivity index (χ2v) is 4.78. The molecule has 0 radical (unpaired) electrons. The van der Waals surface area contributed by atoms with E-state index in [1.54, 1.807) is 14.0 Å². The van der Waals surface area contributed by atoms with Gasteiger partial charge in [-0.05, 0) is 27.7 Å². The Kier molecular flexibility index (Phi) is 4.74. The molecule has 88 valence electrons. The number of nitrogens with two attached hydrogens (primary N) is 1. The van der Waals surface area contributed by atoms with Crippen LogP contribution in [-0.4, -0.2) is 41.9 Å². The molecule has 2 amide bonds. The lowest BCUT2D eigenvalue weighted by Crippen LogP contribution is -2.48. The number of nitrogens with one attached hydrogen (secondary N) is 1. The lowest BCUT2D eigenvalue weighted by atomic mass is 10.1. The van der Waals surface area contributed by atoms with Crippen LogP contribution in [0.3, 0.4) is 0 Å². The summed E-state index contributed by atoms with van der Waals surface area (Å²) < 4.78 is 0. The van der Waals surface area contributed by atoms with Crippen LogP contribution in [0.15, 0.2) is 0 Å². The molecule has 0 unspecified atom stereocenters. The largest absolute Gasteiger partial charge is 0.350 e. The van der Waals surface area contributed by atoms with E-state index in [2.05, 4.69) is 5.32 Å². The molecule has 0 bridgehead atoms. The van der Waals surface area contributed by atoms with E-state index >= 15 is 0 Å². The van der Waals surface area contributed by atoms with Crippen LogP contribution in [0.4, 0.5) is 0 Å². The summed E-state index contributed by atoms with van der Waals surface area (Å²) in [6.07, 6.45) is 0. The minimum absolute atomic E-state index is 0.0393. The van der Waals surface area contributed by atoms with Crippen molar-refractivity contribution in [3.05, 3.63) is 0 Å². The van der Waals surface area contributed by atoms with Gasteiger partial charge in [-0.25, -0.2) is 0 Å². The van der Waals surface area contributed by atoms with E-state index in [0.717, 1.165) is 0 Å². The van der Waals surface area contributed by atoms with Crippen molar-refractivity contribution < 1.29 is 9.59 Å². The molecular formula is C10H21N3O2. The van der Waals surface area contributed by atoms with Crippen LogP contribution in [0.5, 0.6) is 0 Å². The quantitative estimate of drug-likeness (QED) is 0.679. The van der Waals surface area contributed by atoms with E-state index in [1.165, 1.54) is 4.90 Å². The lowest BCUT2D eigenvalue weighted by molar-refractivity contribution is -0.135. The Morgan fingerprint density at radius 3 is 2.20 bits per heavy atom. The van der Waals surface area contributed by atoms with Crippen molar-refractivity contribution in [2.75, 3.05) is 13.6 Å². The van der Waals surface area contributed by atoms with Gasteiger partial charge in [-0.15, -0.1) is 0 Å². The number of likely N-dealkylation sites (N-methyl/N-ethyl adjacent to an activating group) is 1. The highest BCUT2D eigenvalue weighted by atomic mass is 16.2. The summed E-state index contributed by atoms with van der Waals surface area (Å²) in [6.45, 7) is 7.30. The first-order valence-corrected chi connectivity index (χ1v) is 4.95. The summed E-state index contributed by atoms with van der Waals surface area (Å²) in [6, 6.07) is -0.572. The highest BCUT2D eigenvalue weighted by molar-refractivity contribution is 5.87. The number of carbonyl (C=O) groups is 2. The van der Waals surface area contributed by atoms with E-state index in [4.69, 9.17) is 5.73 Å². The third-order valence-electron chi connectivity index (χ3n) is 1.66. The standard InChI is InChI=1S/C10H21N3O2/c1-7(11)9(15)13(5)6-8(14)12-10(2,3)4/h7H,6,11H2,1-5H3,(H,12,14)/t7-/m1/s1. The van der Waals surface area contributed by atoms with E-state index in [9.17, 15) is 9.59 Å². The monoisotopic (exact) mass is 215 g/mol. The van der Waals surface area contributed by atoms with Gasteiger partial charge in [0.25, 0.3) is 0 Å². The van der Waals surface area contributed by atoms with E-state index in [1.807, 2.05) is 20.8 Å². The molecule has 0 saturated carbocycles. The Morgan fingerprint density at radius 1 is 1.40 bits per heavy atom. The molecule has 0 rings (SSSR count). The average Bonchev–Trinajstić information content (AvgIpc) is 1.98. The van der Waals surface area contributed by atoms with Crippen LogP contribution in [0, 0.1) is 0 Å². The van der Waals surface area contributed by atoms with E-state index < -0.39 is 6.04 Å². The SMILES string of the molecule is C[C@@H](N)C(=O)N(C)CC(=O)NC(C)(C)C. The molecule has 0 aromatic rings. The molecule has 3 N–H and O–H groups in total. The van der Waals surface area contributed by atoms with E-state index in [-0.39, 0.29) is 23.9 Å². The van der Waals surface area contributed by atoms with Crippen LogP contribution >= 0.6 is 0 Å². The molecule has 5 nitrogen and oxygen atoms in total. The van der Waals surface area contributed by atoms with Gasteiger partial charge in [0.05, 0.1) is 12.6 Å². The second-order valence-electron chi connectivity index (χ2n) is 4.78. The van der Waals surface area contributed by atoms with Crippen molar-refractivity contribution in [3.63, 3.8) is 0 Å². The van der Waals surface area contributed by atoms with Gasteiger partial charge in [0.2, 0.25) is 11.8 Å². The fourth-order valence-corrected chi connectivity index (χ4v) is 1.10. The molecule has 0 aliphatic carbocycles. The molecule has 0 aliphatic heterocycles. The zero-order valence-electron chi connectivity index (χ0n) is 10.1. The molecule has 0 heterocycles. The molecule has 15 heavy (non-hydrogen) atoms. The summed E-state index contributed by atoms with van der Waals surface area (Å²) in [7, 11) is 1.56. The average molecular weight is 215 g/mol. The predicted molar refractivity (Wildman–Crippen MR) is 59.2 cm³/mol. The van der Waals surface area contributed by atoms with Crippen LogP contribution in [-0.2, 0) is 9.59 Å². The molecular weight excluding hydrogens is 194 g/mol. The maximum atomic E-state index is 11.5. The Morgan fingerprint density at radius 2 is 1.87 bits per heavy atom. The Balaban J connectivity index is 4.14. The van der Waals surface area contributed by atoms with Crippen molar-refractivity contribution in [3.8, 4) is 0 Å². The number of nitrogens with zero attached hydrogens (tertiary/aromatic N) is 1. The van der Waals surface area contributed by atoms with Crippen molar-refractivity contribution in [2.45, 2.75) is 39.3 Å². The van der Waals surface area contributed by atoms with Crippen molar-refractivity contribution in [1.82, 2.24) is 10.2 Å². The fraction of sp³-hybridized carbons (Fsp3) is 0.800. The molecule has 0 aromatic carbocycles. The maximum absolute atomic E-state index is 11.5. The minimum atomic E-state index is -0.572. The normalized spacial score (nSPS) is 13.2. The third-order valence-corrected chi connectivity index (χ3v) is 1.66. The highest BCUT2D eigenvalue weighted by Crippen LogP contribution is 1.98. The molecule has 0 aromatic heterocycles. The number of rotatable bonds is 3. The molecule has 5 heteroatoms. The lowest BCUT2D eigenvalue weighted by Gasteiger charge is -2.24. The topological polar surface area (TPSA) is 75.4 Å². The smallest absolute Gasteiger partial charge is 0.240 e. The van der Waals surface area contributed by atoms with Gasteiger partial charge < -0.3 is 16.0 Å². The summed E-state index contributed by atoms with van der Waals surface area (Å²) in [5.74, 6) is -0.418. The summed E-state index contributed by atoms with van der Waals surface area (Å²) >= 11 is 0. The Hall–Kier alpha value is -1.10. The number of hydrogen-bond acceptors (Lipinski definition) is 3. The highest BCUT2D eigenvalue weighted by Gasteiger charge is 2.19. The zero-order valence-corrected chi connectivity index (χ0v) is 10.1. The Bertz CT molecular complexity index is 244. The second kappa shape index (κ2) is 5.11. The maximum Gasteiger partial charge on any atom is 0.240 e. The first kappa shape index (κ1) is 13.9. The summed E-state index contributed by atoms with van der Waals surface area (Å²) in [4.78, 5) is 24.1. The van der Waals surface area contributed by atoms with Crippen LogP contribution in [0.1, 0.15) is 27.7 Å². The van der Waals surface area contributed by atoms with Gasteiger partial charge in [0.15, 0.2) is 0 Å². The number of amides is 2. The first-order chi connectivity index (χ1) is 6.63. The number of hydrogen-bond donors (Lipinski definition) is 2. The summed E-state index contributed by atoms with van der Waals surface area (Å²) in [5, 5.41) is 2.77. The van der Waals surface area contributed by atoms with Gasteiger partial charge in [-0.3, -0.25) is 9.59 Å². The summed E-state index contributed by atoms with van der Waals surface area (Å²) in [5.41, 5.74) is 5.13. The molecule has 0 fully saturated rings. The first-order valence-electron chi connectivity index (χ1n) is 4.95. The molecule has 0 aliphatic rings.